The van der Waals surface area contributed by atoms with E-state index in [9.17, 15) is 4.79 Å². The molecule has 0 saturated carbocycles. The SMILES string of the molecule is Cc1ccc(C(=O)NC2(C(N)=S)CCN(C)CC2)s1. The van der Waals surface area contributed by atoms with Gasteiger partial charge in [-0.25, -0.2) is 0 Å². The standard InChI is InChI=1S/C13H19N3OS2/c1-9-3-4-10(19-9)11(17)15-13(12(14)18)5-7-16(2)8-6-13/h3-4H,5-8H2,1-2H3,(H2,14,18)(H,15,17). The Morgan fingerprint density at radius 2 is 2.11 bits per heavy atom. The van der Waals surface area contributed by atoms with Crippen molar-refractivity contribution in [3.05, 3.63) is 21.9 Å². The summed E-state index contributed by atoms with van der Waals surface area (Å²) in [7, 11) is 2.06. The van der Waals surface area contributed by atoms with Crippen molar-refractivity contribution in [3.63, 3.8) is 0 Å². The highest BCUT2D eigenvalue weighted by Crippen LogP contribution is 2.24. The fourth-order valence-electron chi connectivity index (χ4n) is 2.27. The number of rotatable bonds is 3. The molecule has 0 unspecified atom stereocenters. The van der Waals surface area contributed by atoms with Crippen molar-refractivity contribution >= 4 is 34.5 Å². The first kappa shape index (κ1) is 14.4. The van der Waals surface area contributed by atoms with E-state index in [-0.39, 0.29) is 5.91 Å². The predicted octanol–water partition coefficient (Wildman–Crippen LogP) is 1.54. The quantitative estimate of drug-likeness (QED) is 0.831. The number of carbonyl (C=O) groups excluding carboxylic acids is 1. The molecule has 1 fully saturated rings. The summed E-state index contributed by atoms with van der Waals surface area (Å²) < 4.78 is 0. The molecular formula is C13H19N3OS2. The molecule has 104 valence electrons. The number of likely N-dealkylation sites (tertiary alicyclic amines) is 1. The van der Waals surface area contributed by atoms with Crippen molar-refractivity contribution in [2.24, 2.45) is 5.73 Å². The first-order chi connectivity index (χ1) is 8.93. The van der Waals surface area contributed by atoms with Gasteiger partial charge in [0, 0.05) is 18.0 Å². The minimum Gasteiger partial charge on any atom is -0.391 e. The lowest BCUT2D eigenvalue weighted by Gasteiger charge is -2.40. The summed E-state index contributed by atoms with van der Waals surface area (Å²) in [4.78, 5) is 16.7. The number of carbonyl (C=O) groups is 1. The van der Waals surface area contributed by atoms with E-state index in [4.69, 9.17) is 18.0 Å². The molecule has 1 aromatic rings. The molecule has 0 spiro atoms. The van der Waals surface area contributed by atoms with Crippen LogP contribution in [0.25, 0.3) is 0 Å². The zero-order valence-electron chi connectivity index (χ0n) is 11.2. The van der Waals surface area contributed by atoms with E-state index in [0.717, 1.165) is 30.8 Å². The maximum Gasteiger partial charge on any atom is 0.262 e. The molecule has 2 rings (SSSR count). The second kappa shape index (κ2) is 5.56. The van der Waals surface area contributed by atoms with Crippen molar-refractivity contribution in [1.82, 2.24) is 10.2 Å². The number of hydrogen-bond acceptors (Lipinski definition) is 4. The zero-order chi connectivity index (χ0) is 14.0. The van der Waals surface area contributed by atoms with Gasteiger partial charge in [-0.1, -0.05) is 12.2 Å². The molecule has 1 aliphatic rings. The molecular weight excluding hydrogens is 278 g/mol. The van der Waals surface area contributed by atoms with Crippen LogP contribution in [0.2, 0.25) is 0 Å². The Bertz CT molecular complexity index is 490. The van der Waals surface area contributed by atoms with E-state index in [1.54, 1.807) is 0 Å². The van der Waals surface area contributed by atoms with Crippen LogP contribution in [0.4, 0.5) is 0 Å². The molecule has 1 saturated heterocycles. The van der Waals surface area contributed by atoms with Crippen LogP contribution in [0.5, 0.6) is 0 Å². The van der Waals surface area contributed by atoms with Crippen molar-refractivity contribution in [1.29, 1.82) is 0 Å². The van der Waals surface area contributed by atoms with E-state index in [2.05, 4.69) is 17.3 Å². The lowest BCUT2D eigenvalue weighted by Crippen LogP contribution is -2.61. The highest BCUT2D eigenvalue weighted by Gasteiger charge is 2.38. The first-order valence-electron chi connectivity index (χ1n) is 6.30. The Labute approximate surface area is 123 Å². The topological polar surface area (TPSA) is 58.4 Å². The Morgan fingerprint density at radius 3 is 2.58 bits per heavy atom. The van der Waals surface area contributed by atoms with Crippen LogP contribution in [-0.4, -0.2) is 41.5 Å². The van der Waals surface area contributed by atoms with Gasteiger partial charge in [-0.05, 0) is 38.9 Å². The molecule has 2 heterocycles. The Morgan fingerprint density at radius 1 is 1.47 bits per heavy atom. The highest BCUT2D eigenvalue weighted by atomic mass is 32.1. The average molecular weight is 297 g/mol. The van der Waals surface area contributed by atoms with E-state index in [0.29, 0.717) is 9.87 Å². The molecule has 0 radical (unpaired) electrons. The first-order valence-corrected chi connectivity index (χ1v) is 7.53. The van der Waals surface area contributed by atoms with Crippen molar-refractivity contribution in [2.75, 3.05) is 20.1 Å². The largest absolute Gasteiger partial charge is 0.391 e. The van der Waals surface area contributed by atoms with Crippen LogP contribution in [-0.2, 0) is 0 Å². The molecule has 19 heavy (non-hydrogen) atoms. The van der Waals surface area contributed by atoms with Gasteiger partial charge in [-0.2, -0.15) is 0 Å². The van der Waals surface area contributed by atoms with Gasteiger partial charge in [0.15, 0.2) is 0 Å². The number of piperidine rings is 1. The van der Waals surface area contributed by atoms with Crippen molar-refractivity contribution < 1.29 is 4.79 Å². The smallest absolute Gasteiger partial charge is 0.262 e. The number of hydrogen-bond donors (Lipinski definition) is 2. The van der Waals surface area contributed by atoms with E-state index in [1.807, 2.05) is 19.1 Å². The van der Waals surface area contributed by atoms with E-state index < -0.39 is 5.54 Å². The van der Waals surface area contributed by atoms with Gasteiger partial charge in [0.1, 0.15) is 0 Å². The van der Waals surface area contributed by atoms with Crippen LogP contribution in [0.3, 0.4) is 0 Å². The van der Waals surface area contributed by atoms with Gasteiger partial charge in [0.05, 0.1) is 15.4 Å². The number of thiocarbonyl (C=S) groups is 1. The molecule has 1 aliphatic heterocycles. The summed E-state index contributed by atoms with van der Waals surface area (Å²) in [6.07, 6.45) is 1.55. The van der Waals surface area contributed by atoms with Gasteiger partial charge in [0.25, 0.3) is 5.91 Å². The van der Waals surface area contributed by atoms with E-state index >= 15 is 0 Å². The van der Waals surface area contributed by atoms with E-state index in [1.165, 1.54) is 11.3 Å². The third-order valence-electron chi connectivity index (χ3n) is 3.63. The number of aryl methyl sites for hydroxylation is 1. The minimum atomic E-state index is -0.531. The average Bonchev–Trinajstić information content (AvgIpc) is 2.79. The predicted molar refractivity (Wildman–Crippen MR) is 82.8 cm³/mol. The lowest BCUT2D eigenvalue weighted by atomic mass is 9.87. The molecule has 3 N–H and O–H groups in total. The fraction of sp³-hybridized carbons (Fsp3) is 0.538. The van der Waals surface area contributed by atoms with Crippen LogP contribution < -0.4 is 11.1 Å². The maximum absolute atomic E-state index is 12.3. The summed E-state index contributed by atoms with van der Waals surface area (Å²) in [5, 5.41) is 3.06. The number of thiophene rings is 1. The van der Waals surface area contributed by atoms with Crippen molar-refractivity contribution in [2.45, 2.75) is 25.3 Å². The lowest BCUT2D eigenvalue weighted by molar-refractivity contribution is 0.0894. The summed E-state index contributed by atoms with van der Waals surface area (Å²) in [5.41, 5.74) is 5.35. The van der Waals surface area contributed by atoms with Crippen molar-refractivity contribution in [3.8, 4) is 0 Å². The van der Waals surface area contributed by atoms with Gasteiger partial charge in [-0.3, -0.25) is 4.79 Å². The molecule has 0 aliphatic carbocycles. The second-order valence-electron chi connectivity index (χ2n) is 5.11. The van der Waals surface area contributed by atoms with Gasteiger partial charge < -0.3 is 16.0 Å². The Kier molecular flexibility index (Phi) is 4.23. The number of nitrogens with two attached hydrogens (primary N) is 1. The Balaban J connectivity index is 2.13. The third kappa shape index (κ3) is 3.13. The molecule has 0 atom stereocenters. The summed E-state index contributed by atoms with van der Waals surface area (Å²) in [6.45, 7) is 3.77. The van der Waals surface area contributed by atoms with Gasteiger partial charge in [-0.15, -0.1) is 11.3 Å². The summed E-state index contributed by atoms with van der Waals surface area (Å²) in [6, 6.07) is 3.79. The highest BCUT2D eigenvalue weighted by molar-refractivity contribution is 7.80. The zero-order valence-corrected chi connectivity index (χ0v) is 12.9. The van der Waals surface area contributed by atoms with Crippen LogP contribution >= 0.6 is 23.6 Å². The normalized spacial score (nSPS) is 19.1. The van der Waals surface area contributed by atoms with Crippen LogP contribution in [0, 0.1) is 6.92 Å². The molecule has 4 nitrogen and oxygen atoms in total. The monoisotopic (exact) mass is 297 g/mol. The molecule has 1 amide bonds. The molecule has 1 aromatic heterocycles. The second-order valence-corrected chi connectivity index (χ2v) is 6.84. The third-order valence-corrected chi connectivity index (χ3v) is 5.02. The van der Waals surface area contributed by atoms with Crippen LogP contribution in [0.1, 0.15) is 27.4 Å². The maximum atomic E-state index is 12.3. The fourth-order valence-corrected chi connectivity index (χ4v) is 3.29. The minimum absolute atomic E-state index is 0.0737. The van der Waals surface area contributed by atoms with Crippen LogP contribution in [0.15, 0.2) is 12.1 Å². The molecule has 6 heteroatoms. The number of amides is 1. The molecule has 0 aromatic carbocycles. The number of nitrogens with zero attached hydrogens (tertiary/aromatic N) is 1. The Hall–Kier alpha value is -0.980. The number of nitrogens with one attached hydrogen (secondary N) is 1. The molecule has 0 bridgehead atoms. The van der Waals surface area contributed by atoms with Gasteiger partial charge in [0.2, 0.25) is 0 Å². The summed E-state index contributed by atoms with van der Waals surface area (Å²) >= 11 is 6.68. The van der Waals surface area contributed by atoms with Gasteiger partial charge >= 0.3 is 0 Å². The summed E-state index contributed by atoms with van der Waals surface area (Å²) in [5.74, 6) is -0.0737.